The molecule has 2 unspecified atom stereocenters. The van der Waals surface area contributed by atoms with E-state index < -0.39 is 0 Å². The predicted molar refractivity (Wildman–Crippen MR) is 63.9 cm³/mol. The molecule has 0 bridgehead atoms. The van der Waals surface area contributed by atoms with Gasteiger partial charge in [0.05, 0.1) is 6.61 Å². The molecule has 15 heavy (non-hydrogen) atoms. The summed E-state index contributed by atoms with van der Waals surface area (Å²) in [6.45, 7) is 7.48. The summed E-state index contributed by atoms with van der Waals surface area (Å²) in [6, 6.07) is 0.350. The minimum absolute atomic E-state index is 0.326. The third-order valence-electron chi connectivity index (χ3n) is 3.79. The molecule has 0 heterocycles. The largest absolute Gasteiger partial charge is 0.383 e. The maximum absolute atomic E-state index is 6.28. The van der Waals surface area contributed by atoms with Crippen molar-refractivity contribution in [2.24, 2.45) is 17.1 Å². The Balaban J connectivity index is 2.33. The van der Waals surface area contributed by atoms with Crippen LogP contribution in [0.5, 0.6) is 0 Å². The highest BCUT2D eigenvalue weighted by molar-refractivity contribution is 4.94. The number of ether oxygens (including phenoxy) is 1. The van der Waals surface area contributed by atoms with Crippen molar-refractivity contribution in [2.75, 3.05) is 33.9 Å². The van der Waals surface area contributed by atoms with Gasteiger partial charge in [-0.3, -0.25) is 0 Å². The smallest absolute Gasteiger partial charge is 0.0589 e. The van der Waals surface area contributed by atoms with E-state index in [4.69, 9.17) is 10.5 Å². The summed E-state index contributed by atoms with van der Waals surface area (Å²) in [6.07, 6.45) is 2.53. The quantitative estimate of drug-likeness (QED) is 0.750. The first-order valence-corrected chi connectivity index (χ1v) is 5.90. The van der Waals surface area contributed by atoms with Gasteiger partial charge in [0.1, 0.15) is 0 Å². The van der Waals surface area contributed by atoms with E-state index in [2.05, 4.69) is 25.8 Å². The van der Waals surface area contributed by atoms with Gasteiger partial charge in [-0.05, 0) is 31.2 Å². The molecule has 1 aliphatic carbocycles. The molecule has 0 spiro atoms. The highest BCUT2D eigenvalue weighted by Crippen LogP contribution is 2.40. The van der Waals surface area contributed by atoms with Crippen LogP contribution in [-0.2, 0) is 4.74 Å². The molecule has 0 aromatic carbocycles. The van der Waals surface area contributed by atoms with Crippen LogP contribution in [0.1, 0.15) is 26.7 Å². The van der Waals surface area contributed by atoms with Crippen LogP contribution >= 0.6 is 0 Å². The van der Waals surface area contributed by atoms with Crippen molar-refractivity contribution >= 4 is 0 Å². The summed E-state index contributed by atoms with van der Waals surface area (Å²) in [4.78, 5) is 2.33. The number of nitrogens with two attached hydrogens (primary N) is 1. The minimum Gasteiger partial charge on any atom is -0.383 e. The van der Waals surface area contributed by atoms with Crippen LogP contribution in [-0.4, -0.2) is 44.8 Å². The topological polar surface area (TPSA) is 38.5 Å². The molecule has 0 amide bonds. The van der Waals surface area contributed by atoms with Gasteiger partial charge in [-0.2, -0.15) is 0 Å². The first-order chi connectivity index (χ1) is 6.97. The molecule has 0 aliphatic heterocycles. The van der Waals surface area contributed by atoms with E-state index in [1.54, 1.807) is 7.11 Å². The summed E-state index contributed by atoms with van der Waals surface area (Å²) in [5, 5.41) is 0. The Morgan fingerprint density at radius 1 is 1.47 bits per heavy atom. The minimum atomic E-state index is 0.326. The maximum atomic E-state index is 6.28. The number of methoxy groups -OCH3 is 1. The van der Waals surface area contributed by atoms with Gasteiger partial charge >= 0.3 is 0 Å². The standard InChI is InChI=1S/C12H26N2O/c1-12(2)6-5-10(11(12)13)9-14(3)7-8-15-4/h10-11H,5-9,13H2,1-4H3. The molecule has 90 valence electrons. The second kappa shape index (κ2) is 5.28. The predicted octanol–water partition coefficient (Wildman–Crippen LogP) is 1.33. The number of likely N-dealkylation sites (N-methyl/N-ethyl adjacent to an activating group) is 1. The van der Waals surface area contributed by atoms with E-state index >= 15 is 0 Å². The molecule has 3 nitrogen and oxygen atoms in total. The monoisotopic (exact) mass is 214 g/mol. The summed E-state index contributed by atoms with van der Waals surface area (Å²) in [5.41, 5.74) is 6.60. The number of rotatable bonds is 5. The molecule has 2 N–H and O–H groups in total. The van der Waals surface area contributed by atoms with E-state index in [9.17, 15) is 0 Å². The number of nitrogens with zero attached hydrogens (tertiary/aromatic N) is 1. The molecule has 2 atom stereocenters. The Hall–Kier alpha value is -0.120. The summed E-state index contributed by atoms with van der Waals surface area (Å²) >= 11 is 0. The van der Waals surface area contributed by atoms with Crippen LogP contribution in [0.4, 0.5) is 0 Å². The van der Waals surface area contributed by atoms with Gasteiger partial charge in [0.25, 0.3) is 0 Å². The van der Waals surface area contributed by atoms with Crippen LogP contribution < -0.4 is 5.73 Å². The molecule has 1 fully saturated rings. The lowest BCUT2D eigenvalue weighted by atomic mass is 9.85. The first kappa shape index (κ1) is 12.9. The Kier molecular flexibility index (Phi) is 4.56. The second-order valence-electron chi connectivity index (χ2n) is 5.57. The molecular formula is C12H26N2O. The lowest BCUT2D eigenvalue weighted by Crippen LogP contribution is -2.41. The summed E-state index contributed by atoms with van der Waals surface area (Å²) in [7, 11) is 3.90. The first-order valence-electron chi connectivity index (χ1n) is 5.90. The molecule has 1 aliphatic rings. The van der Waals surface area contributed by atoms with Crippen molar-refractivity contribution in [3.63, 3.8) is 0 Å². The van der Waals surface area contributed by atoms with Crippen molar-refractivity contribution in [3.8, 4) is 0 Å². The fourth-order valence-electron chi connectivity index (χ4n) is 2.49. The summed E-state index contributed by atoms with van der Waals surface area (Å²) < 4.78 is 5.07. The molecule has 0 aromatic rings. The van der Waals surface area contributed by atoms with Crippen LogP contribution in [0.15, 0.2) is 0 Å². The van der Waals surface area contributed by atoms with Crippen molar-refractivity contribution < 1.29 is 4.74 Å². The fourth-order valence-corrected chi connectivity index (χ4v) is 2.49. The van der Waals surface area contributed by atoms with Gasteiger partial charge in [-0.25, -0.2) is 0 Å². The highest BCUT2D eigenvalue weighted by atomic mass is 16.5. The lowest BCUT2D eigenvalue weighted by molar-refractivity contribution is 0.147. The molecule has 0 aromatic heterocycles. The van der Waals surface area contributed by atoms with Crippen molar-refractivity contribution in [1.29, 1.82) is 0 Å². The van der Waals surface area contributed by atoms with Crippen LogP contribution in [0, 0.1) is 11.3 Å². The van der Waals surface area contributed by atoms with Crippen LogP contribution in [0.2, 0.25) is 0 Å². The Labute approximate surface area is 94.0 Å². The molecule has 1 saturated carbocycles. The van der Waals surface area contributed by atoms with Crippen molar-refractivity contribution in [1.82, 2.24) is 4.90 Å². The van der Waals surface area contributed by atoms with Gasteiger partial charge in [0, 0.05) is 26.2 Å². The van der Waals surface area contributed by atoms with Crippen molar-refractivity contribution in [3.05, 3.63) is 0 Å². The summed E-state index contributed by atoms with van der Waals surface area (Å²) in [5.74, 6) is 0.654. The zero-order valence-corrected chi connectivity index (χ0v) is 10.6. The van der Waals surface area contributed by atoms with Gasteiger partial charge in [-0.1, -0.05) is 13.8 Å². The Morgan fingerprint density at radius 3 is 2.60 bits per heavy atom. The zero-order chi connectivity index (χ0) is 11.5. The van der Waals surface area contributed by atoms with Gasteiger partial charge in [0.2, 0.25) is 0 Å². The second-order valence-corrected chi connectivity index (χ2v) is 5.57. The van der Waals surface area contributed by atoms with E-state index in [1.807, 2.05) is 0 Å². The lowest BCUT2D eigenvalue weighted by Gasteiger charge is -2.29. The van der Waals surface area contributed by atoms with Crippen LogP contribution in [0.25, 0.3) is 0 Å². The fraction of sp³-hybridized carbons (Fsp3) is 1.00. The normalized spacial score (nSPS) is 30.0. The number of hydrogen-bond acceptors (Lipinski definition) is 3. The molecule has 3 heteroatoms. The van der Waals surface area contributed by atoms with Crippen LogP contribution in [0.3, 0.4) is 0 Å². The molecule has 0 radical (unpaired) electrons. The third kappa shape index (κ3) is 3.44. The third-order valence-corrected chi connectivity index (χ3v) is 3.79. The van der Waals surface area contributed by atoms with E-state index in [0.717, 1.165) is 19.7 Å². The van der Waals surface area contributed by atoms with Gasteiger partial charge in [-0.15, -0.1) is 0 Å². The molecule has 1 rings (SSSR count). The average Bonchev–Trinajstić information content (AvgIpc) is 2.42. The average molecular weight is 214 g/mol. The van der Waals surface area contributed by atoms with Gasteiger partial charge in [0.15, 0.2) is 0 Å². The van der Waals surface area contributed by atoms with E-state index in [0.29, 0.717) is 17.4 Å². The van der Waals surface area contributed by atoms with Crippen molar-refractivity contribution in [2.45, 2.75) is 32.7 Å². The van der Waals surface area contributed by atoms with Gasteiger partial charge < -0.3 is 15.4 Å². The Morgan fingerprint density at radius 2 is 2.13 bits per heavy atom. The van der Waals surface area contributed by atoms with E-state index in [-0.39, 0.29) is 0 Å². The van der Waals surface area contributed by atoms with E-state index in [1.165, 1.54) is 12.8 Å². The molecular weight excluding hydrogens is 188 g/mol. The number of hydrogen-bond donors (Lipinski definition) is 1. The SMILES string of the molecule is COCCN(C)CC1CCC(C)(C)C1N. The Bertz CT molecular complexity index is 194. The highest BCUT2D eigenvalue weighted by Gasteiger charge is 2.39. The molecule has 0 saturated heterocycles. The zero-order valence-electron chi connectivity index (χ0n) is 10.6. The maximum Gasteiger partial charge on any atom is 0.0589 e.